The van der Waals surface area contributed by atoms with Gasteiger partial charge in [0.25, 0.3) is 0 Å². The minimum atomic E-state index is -0.553. The molecule has 0 unspecified atom stereocenters. The van der Waals surface area contributed by atoms with Crippen molar-refractivity contribution in [2.75, 3.05) is 9.62 Å². The van der Waals surface area contributed by atoms with Gasteiger partial charge in [-0.1, -0.05) is 36.0 Å². The highest BCUT2D eigenvalue weighted by molar-refractivity contribution is 7.82. The molecule has 0 spiro atoms. The molecule has 1 heterocycles. The summed E-state index contributed by atoms with van der Waals surface area (Å²) in [7, 11) is 0. The lowest BCUT2D eigenvalue weighted by atomic mass is 10.3. The standard InChI is InChI=1S/C17H11Cl2N3O3S2/c18-10-5-11(19)7-12(6-10)21-17(24)22(26)13-1-3-14(4-2-13)25-16(23)15-8-27-9-20-15/h1-9,26H,(H,21,24). The van der Waals surface area contributed by atoms with E-state index in [0.717, 1.165) is 4.31 Å². The number of hydrogen-bond acceptors (Lipinski definition) is 6. The summed E-state index contributed by atoms with van der Waals surface area (Å²) in [5, 5.41) is 5.03. The molecule has 3 rings (SSSR count). The SMILES string of the molecule is O=C(Oc1ccc(N(S)C(=O)Nc2cc(Cl)cc(Cl)c2)cc1)c1cscn1. The molecule has 6 nitrogen and oxygen atoms in total. The highest BCUT2D eigenvalue weighted by Gasteiger charge is 2.14. The van der Waals surface area contributed by atoms with Crippen LogP contribution in [0.5, 0.6) is 5.75 Å². The van der Waals surface area contributed by atoms with E-state index in [4.69, 9.17) is 27.9 Å². The van der Waals surface area contributed by atoms with Gasteiger partial charge in [0.2, 0.25) is 0 Å². The number of urea groups is 1. The fraction of sp³-hybridized carbons (Fsp3) is 0. The molecule has 0 saturated carbocycles. The number of nitrogens with one attached hydrogen (secondary N) is 1. The monoisotopic (exact) mass is 439 g/mol. The van der Waals surface area contributed by atoms with E-state index in [1.807, 2.05) is 0 Å². The van der Waals surface area contributed by atoms with Crippen LogP contribution in [0.4, 0.5) is 16.2 Å². The van der Waals surface area contributed by atoms with Crippen LogP contribution < -0.4 is 14.4 Å². The van der Waals surface area contributed by atoms with Gasteiger partial charge >= 0.3 is 12.0 Å². The number of thiol groups is 1. The van der Waals surface area contributed by atoms with Crippen LogP contribution in [-0.4, -0.2) is 17.0 Å². The van der Waals surface area contributed by atoms with Gasteiger partial charge in [0.1, 0.15) is 5.75 Å². The number of aromatic nitrogens is 1. The molecule has 0 bridgehead atoms. The number of benzene rings is 2. The van der Waals surface area contributed by atoms with Crippen molar-refractivity contribution in [2.24, 2.45) is 0 Å². The predicted octanol–water partition coefficient (Wildman–Crippen LogP) is 5.55. The number of amides is 2. The number of anilines is 2. The average molecular weight is 440 g/mol. The van der Waals surface area contributed by atoms with Gasteiger partial charge in [0.05, 0.1) is 11.2 Å². The van der Waals surface area contributed by atoms with E-state index >= 15 is 0 Å². The van der Waals surface area contributed by atoms with Gasteiger partial charge in [-0.25, -0.2) is 18.9 Å². The number of nitrogens with zero attached hydrogens (tertiary/aromatic N) is 2. The lowest BCUT2D eigenvalue weighted by molar-refractivity contribution is 0.0729. The second-order valence-corrected chi connectivity index (χ2v) is 7.15. The van der Waals surface area contributed by atoms with Gasteiger partial charge in [0, 0.05) is 21.1 Å². The first-order valence-corrected chi connectivity index (χ1v) is 9.49. The highest BCUT2D eigenvalue weighted by atomic mass is 35.5. The normalized spacial score (nSPS) is 10.3. The number of halogens is 2. The smallest absolute Gasteiger partial charge is 0.363 e. The molecule has 0 atom stereocenters. The maximum atomic E-state index is 12.3. The van der Waals surface area contributed by atoms with Crippen molar-refractivity contribution in [3.8, 4) is 5.75 Å². The number of rotatable bonds is 4. The van der Waals surface area contributed by atoms with Crippen molar-refractivity contribution in [2.45, 2.75) is 0 Å². The molecule has 0 aliphatic rings. The highest BCUT2D eigenvalue weighted by Crippen LogP contribution is 2.25. The summed E-state index contributed by atoms with van der Waals surface area (Å²) >= 11 is 17.3. The molecule has 138 valence electrons. The van der Waals surface area contributed by atoms with Crippen LogP contribution in [-0.2, 0) is 0 Å². The quantitative estimate of drug-likeness (QED) is 0.317. The van der Waals surface area contributed by atoms with Gasteiger partial charge < -0.3 is 10.1 Å². The second kappa shape index (κ2) is 8.62. The third-order valence-corrected chi connectivity index (χ3v) is 4.67. The van der Waals surface area contributed by atoms with Gasteiger partial charge in [0.15, 0.2) is 5.69 Å². The lowest BCUT2D eigenvalue weighted by Gasteiger charge is -2.17. The molecule has 0 saturated heterocycles. The van der Waals surface area contributed by atoms with Crippen LogP contribution in [0.3, 0.4) is 0 Å². The Morgan fingerprint density at radius 2 is 1.78 bits per heavy atom. The molecule has 0 fully saturated rings. The summed E-state index contributed by atoms with van der Waals surface area (Å²) in [5.74, 6) is -0.233. The van der Waals surface area contributed by atoms with Crippen LogP contribution in [0.1, 0.15) is 10.5 Å². The van der Waals surface area contributed by atoms with Crippen LogP contribution in [0, 0.1) is 0 Å². The third kappa shape index (κ3) is 5.14. The van der Waals surface area contributed by atoms with Gasteiger partial charge in [-0.05, 0) is 42.5 Å². The molecule has 0 aliphatic heterocycles. The Kier molecular flexibility index (Phi) is 6.22. The molecule has 27 heavy (non-hydrogen) atoms. The zero-order chi connectivity index (χ0) is 19.4. The van der Waals surface area contributed by atoms with Gasteiger partial charge in [-0.3, -0.25) is 0 Å². The van der Waals surface area contributed by atoms with Crippen LogP contribution in [0.2, 0.25) is 10.0 Å². The Bertz CT molecular complexity index is 946. The summed E-state index contributed by atoms with van der Waals surface area (Å²) in [6, 6.07) is 10.4. The zero-order valence-electron chi connectivity index (χ0n) is 13.4. The molecule has 0 radical (unpaired) electrons. The van der Waals surface area contributed by atoms with E-state index in [2.05, 4.69) is 23.1 Å². The molecular formula is C17H11Cl2N3O3S2. The number of carbonyl (C=O) groups is 2. The summed E-state index contributed by atoms with van der Waals surface area (Å²) < 4.78 is 6.31. The van der Waals surface area contributed by atoms with Crippen LogP contribution >= 0.6 is 47.4 Å². The summed E-state index contributed by atoms with van der Waals surface area (Å²) in [6.07, 6.45) is 0. The van der Waals surface area contributed by atoms with E-state index in [-0.39, 0.29) is 5.69 Å². The first kappa shape index (κ1) is 19.5. The van der Waals surface area contributed by atoms with Gasteiger partial charge in [-0.2, -0.15) is 0 Å². The van der Waals surface area contributed by atoms with E-state index in [1.54, 1.807) is 53.4 Å². The first-order valence-electron chi connectivity index (χ1n) is 7.39. The minimum Gasteiger partial charge on any atom is -0.422 e. The molecule has 3 aromatic rings. The number of carbonyl (C=O) groups excluding carboxylic acids is 2. The second-order valence-electron chi connectivity index (χ2n) is 5.16. The van der Waals surface area contributed by atoms with Crippen molar-refractivity contribution in [3.05, 3.63) is 69.1 Å². The van der Waals surface area contributed by atoms with Crippen LogP contribution in [0.25, 0.3) is 0 Å². The molecule has 0 aliphatic carbocycles. The third-order valence-electron chi connectivity index (χ3n) is 3.24. The van der Waals surface area contributed by atoms with E-state index in [9.17, 15) is 9.59 Å². The minimum absolute atomic E-state index is 0.236. The van der Waals surface area contributed by atoms with Crippen LogP contribution in [0.15, 0.2) is 53.4 Å². The molecule has 2 aromatic carbocycles. The Balaban J connectivity index is 1.65. The first-order chi connectivity index (χ1) is 12.9. The predicted molar refractivity (Wildman–Crippen MR) is 110 cm³/mol. The molecule has 1 N–H and O–H groups in total. The van der Waals surface area contributed by atoms with Crippen molar-refractivity contribution >= 4 is 70.7 Å². The molecule has 1 aromatic heterocycles. The maximum Gasteiger partial charge on any atom is 0.363 e. The van der Waals surface area contributed by atoms with Crippen molar-refractivity contribution < 1.29 is 14.3 Å². The summed E-state index contributed by atoms with van der Waals surface area (Å²) in [5.41, 5.74) is 2.69. The Morgan fingerprint density at radius 1 is 1.11 bits per heavy atom. The molecule has 10 heteroatoms. The maximum absolute atomic E-state index is 12.3. The number of hydrogen-bond donors (Lipinski definition) is 2. The summed E-state index contributed by atoms with van der Waals surface area (Å²) in [4.78, 5) is 28.1. The zero-order valence-corrected chi connectivity index (χ0v) is 16.6. The van der Waals surface area contributed by atoms with Gasteiger partial charge in [-0.15, -0.1) is 11.3 Å². The van der Waals surface area contributed by atoms with E-state index < -0.39 is 12.0 Å². The van der Waals surface area contributed by atoms with Crippen molar-refractivity contribution in [1.29, 1.82) is 0 Å². The lowest BCUT2D eigenvalue weighted by Crippen LogP contribution is -2.26. The van der Waals surface area contributed by atoms with Crippen molar-refractivity contribution in [3.63, 3.8) is 0 Å². The summed E-state index contributed by atoms with van der Waals surface area (Å²) in [6.45, 7) is 0. The fourth-order valence-electron chi connectivity index (χ4n) is 2.05. The van der Waals surface area contributed by atoms with E-state index in [0.29, 0.717) is 27.2 Å². The largest absolute Gasteiger partial charge is 0.422 e. The molecular weight excluding hydrogens is 429 g/mol. The number of thiazole rings is 1. The van der Waals surface area contributed by atoms with Crippen molar-refractivity contribution in [1.82, 2.24) is 4.98 Å². The Morgan fingerprint density at radius 3 is 2.37 bits per heavy atom. The topological polar surface area (TPSA) is 71.5 Å². The Labute approximate surface area is 174 Å². The fourth-order valence-corrected chi connectivity index (χ4v) is 3.28. The Hall–Kier alpha value is -2.26. The number of ether oxygens (including phenoxy) is 1. The molecule has 2 amide bonds. The van der Waals surface area contributed by atoms with E-state index in [1.165, 1.54) is 11.3 Å². The number of esters is 1. The average Bonchev–Trinajstić information content (AvgIpc) is 3.15.